The first-order valence-corrected chi connectivity index (χ1v) is 5.18. The first kappa shape index (κ1) is 11.5. The van der Waals surface area contributed by atoms with E-state index in [2.05, 4.69) is 10.2 Å². The number of aromatic nitrogens is 2. The lowest BCUT2D eigenvalue weighted by molar-refractivity contribution is 0.290. The first-order chi connectivity index (χ1) is 8.29. The average Bonchev–Trinajstić information content (AvgIpc) is 2.80. The van der Waals surface area contributed by atoms with Crippen LogP contribution in [0.5, 0.6) is 5.75 Å². The van der Waals surface area contributed by atoms with E-state index in [0.717, 1.165) is 0 Å². The van der Waals surface area contributed by atoms with Crippen molar-refractivity contribution in [1.29, 1.82) is 0 Å². The second-order valence-corrected chi connectivity index (χ2v) is 3.32. The Morgan fingerprint density at radius 1 is 1.24 bits per heavy atom. The van der Waals surface area contributed by atoms with Crippen LogP contribution in [-0.4, -0.2) is 16.8 Å². The molecule has 0 bridgehead atoms. The van der Waals surface area contributed by atoms with Gasteiger partial charge in [0.1, 0.15) is 0 Å². The summed E-state index contributed by atoms with van der Waals surface area (Å²) in [4.78, 5) is 0. The van der Waals surface area contributed by atoms with Gasteiger partial charge in [-0.05, 0) is 12.1 Å². The molecular weight excluding hydrogens is 225 g/mol. The zero-order valence-corrected chi connectivity index (χ0v) is 9.10. The highest BCUT2D eigenvalue weighted by Crippen LogP contribution is 2.15. The molecule has 1 aromatic heterocycles. The van der Waals surface area contributed by atoms with Crippen LogP contribution in [-0.2, 0) is 13.0 Å². The largest absolute Gasteiger partial charge is 0.490 e. The molecule has 0 amide bonds. The van der Waals surface area contributed by atoms with Gasteiger partial charge in [0.05, 0.1) is 19.6 Å². The highest BCUT2D eigenvalue weighted by atomic mass is 19.1. The monoisotopic (exact) mass is 237 g/mol. The first-order valence-electron chi connectivity index (χ1n) is 5.18. The van der Waals surface area contributed by atoms with E-state index in [4.69, 9.17) is 14.9 Å². The lowest BCUT2D eigenvalue weighted by Gasteiger charge is -2.04. The van der Waals surface area contributed by atoms with Crippen molar-refractivity contribution >= 4 is 0 Å². The lowest BCUT2D eigenvalue weighted by Crippen LogP contribution is -2.02. The fourth-order valence-electron chi connectivity index (χ4n) is 1.28. The predicted molar refractivity (Wildman–Crippen MR) is 57.8 cm³/mol. The summed E-state index contributed by atoms with van der Waals surface area (Å²) in [6.45, 7) is 0.480. The van der Waals surface area contributed by atoms with Crippen molar-refractivity contribution in [3.8, 4) is 5.75 Å². The molecule has 1 heterocycles. The van der Waals surface area contributed by atoms with Gasteiger partial charge in [0.25, 0.3) is 0 Å². The summed E-state index contributed by atoms with van der Waals surface area (Å²) in [5.74, 6) is 0.638. The Morgan fingerprint density at radius 2 is 2.00 bits per heavy atom. The van der Waals surface area contributed by atoms with Crippen LogP contribution in [0.1, 0.15) is 11.8 Å². The Kier molecular flexibility index (Phi) is 3.66. The van der Waals surface area contributed by atoms with E-state index in [1.165, 1.54) is 6.07 Å². The van der Waals surface area contributed by atoms with Crippen molar-refractivity contribution in [1.82, 2.24) is 10.2 Å². The van der Waals surface area contributed by atoms with Gasteiger partial charge in [-0.1, -0.05) is 12.1 Å². The van der Waals surface area contributed by atoms with Crippen LogP contribution >= 0.6 is 0 Å². The minimum absolute atomic E-state index is 0.209. The van der Waals surface area contributed by atoms with Crippen LogP contribution in [0.15, 0.2) is 28.7 Å². The fourth-order valence-corrected chi connectivity index (χ4v) is 1.28. The Labute approximate surface area is 97.4 Å². The maximum atomic E-state index is 13.2. The van der Waals surface area contributed by atoms with Crippen LogP contribution in [0.4, 0.5) is 4.39 Å². The number of nitrogens with two attached hydrogens (primary N) is 1. The highest BCUT2D eigenvalue weighted by Gasteiger charge is 2.06. The molecule has 1 aromatic carbocycles. The number of benzene rings is 1. The predicted octanol–water partition coefficient (Wildman–Crippen LogP) is 1.29. The van der Waals surface area contributed by atoms with Crippen molar-refractivity contribution < 1.29 is 13.5 Å². The summed E-state index contributed by atoms with van der Waals surface area (Å²) >= 11 is 0. The van der Waals surface area contributed by atoms with E-state index in [0.29, 0.717) is 18.2 Å². The summed E-state index contributed by atoms with van der Waals surface area (Å²) in [5.41, 5.74) is 5.33. The van der Waals surface area contributed by atoms with Crippen LogP contribution in [0.25, 0.3) is 0 Å². The summed E-state index contributed by atoms with van der Waals surface area (Å²) in [7, 11) is 0. The molecule has 0 spiro atoms. The van der Waals surface area contributed by atoms with Gasteiger partial charge in [-0.25, -0.2) is 4.39 Å². The maximum absolute atomic E-state index is 13.2. The molecule has 5 nitrogen and oxygen atoms in total. The molecule has 0 saturated carbocycles. The van der Waals surface area contributed by atoms with E-state index >= 15 is 0 Å². The Morgan fingerprint density at radius 3 is 2.71 bits per heavy atom. The molecule has 2 N–H and O–H groups in total. The highest BCUT2D eigenvalue weighted by molar-refractivity contribution is 5.23. The van der Waals surface area contributed by atoms with Gasteiger partial charge in [0, 0.05) is 0 Å². The fraction of sp³-hybridized carbons (Fsp3) is 0.273. The van der Waals surface area contributed by atoms with Crippen molar-refractivity contribution in [3.63, 3.8) is 0 Å². The quantitative estimate of drug-likeness (QED) is 0.848. The maximum Gasteiger partial charge on any atom is 0.230 e. The topological polar surface area (TPSA) is 74.2 Å². The Balaban J connectivity index is 1.85. The number of ether oxygens (including phenoxy) is 1. The van der Waals surface area contributed by atoms with Gasteiger partial charge in [-0.3, -0.25) is 0 Å². The summed E-state index contributed by atoms with van der Waals surface area (Å²) in [6.07, 6.45) is 0.418. The van der Waals surface area contributed by atoms with Gasteiger partial charge in [0.2, 0.25) is 11.8 Å². The molecule has 0 aliphatic rings. The zero-order valence-electron chi connectivity index (χ0n) is 9.10. The summed E-state index contributed by atoms with van der Waals surface area (Å²) < 4.78 is 23.6. The van der Waals surface area contributed by atoms with E-state index < -0.39 is 0 Å². The number of rotatable bonds is 5. The van der Waals surface area contributed by atoms with Gasteiger partial charge >= 0.3 is 0 Å². The molecule has 0 radical (unpaired) electrons. The molecule has 0 fully saturated rings. The Hall–Kier alpha value is -1.95. The smallest absolute Gasteiger partial charge is 0.230 e. The van der Waals surface area contributed by atoms with Gasteiger partial charge in [0.15, 0.2) is 11.6 Å². The summed E-state index contributed by atoms with van der Waals surface area (Å²) in [6, 6.07) is 6.22. The number of para-hydroxylation sites is 1. The minimum atomic E-state index is -0.388. The van der Waals surface area contributed by atoms with E-state index in [1.807, 2.05) is 0 Å². The molecule has 0 aliphatic carbocycles. The number of hydrogen-bond donors (Lipinski definition) is 1. The average molecular weight is 237 g/mol. The van der Waals surface area contributed by atoms with Crippen molar-refractivity contribution in [2.24, 2.45) is 5.73 Å². The molecule has 0 saturated heterocycles. The normalized spacial score (nSPS) is 10.5. The molecule has 0 unspecified atom stereocenters. The number of hydrogen-bond acceptors (Lipinski definition) is 5. The molecule has 90 valence electrons. The molecule has 0 aliphatic heterocycles. The third-order valence-electron chi connectivity index (χ3n) is 2.09. The molecule has 2 rings (SSSR count). The van der Waals surface area contributed by atoms with Crippen LogP contribution < -0.4 is 10.5 Å². The second kappa shape index (κ2) is 5.40. The lowest BCUT2D eigenvalue weighted by atomic mass is 10.3. The zero-order chi connectivity index (χ0) is 12.1. The molecule has 2 aromatic rings. The third-order valence-corrected chi connectivity index (χ3v) is 2.09. The van der Waals surface area contributed by atoms with Crippen molar-refractivity contribution in [2.75, 3.05) is 6.61 Å². The molecular formula is C11H12FN3O2. The molecule has 6 heteroatoms. The van der Waals surface area contributed by atoms with Gasteiger partial charge in [-0.2, -0.15) is 0 Å². The number of halogens is 1. The number of nitrogens with zero attached hydrogens (tertiary/aromatic N) is 2. The van der Waals surface area contributed by atoms with Crippen LogP contribution in [0, 0.1) is 5.82 Å². The van der Waals surface area contributed by atoms with Crippen molar-refractivity contribution in [3.05, 3.63) is 41.9 Å². The molecule has 0 atom stereocenters. The van der Waals surface area contributed by atoms with E-state index in [-0.39, 0.29) is 24.7 Å². The van der Waals surface area contributed by atoms with Gasteiger partial charge in [-0.15, -0.1) is 10.2 Å². The van der Waals surface area contributed by atoms with Gasteiger partial charge < -0.3 is 14.9 Å². The van der Waals surface area contributed by atoms with Crippen LogP contribution in [0.2, 0.25) is 0 Å². The third kappa shape index (κ3) is 3.01. The van der Waals surface area contributed by atoms with Crippen LogP contribution in [0.3, 0.4) is 0 Å². The second-order valence-electron chi connectivity index (χ2n) is 3.32. The minimum Gasteiger partial charge on any atom is -0.490 e. The summed E-state index contributed by atoms with van der Waals surface area (Å²) in [5, 5.41) is 7.48. The standard InChI is InChI=1S/C11H12FN3O2/c12-8-3-1-2-4-9(8)16-6-5-10-14-15-11(7-13)17-10/h1-4H,5-7,13H2. The molecule has 17 heavy (non-hydrogen) atoms. The van der Waals surface area contributed by atoms with E-state index in [1.54, 1.807) is 18.2 Å². The van der Waals surface area contributed by atoms with E-state index in [9.17, 15) is 4.39 Å². The Bertz CT molecular complexity index is 487. The van der Waals surface area contributed by atoms with Crippen molar-refractivity contribution in [2.45, 2.75) is 13.0 Å². The SMILES string of the molecule is NCc1nnc(CCOc2ccccc2F)o1.